The second kappa shape index (κ2) is 6.77. The number of halogens is 1. The van der Waals surface area contributed by atoms with E-state index in [0.717, 1.165) is 29.0 Å². The minimum absolute atomic E-state index is 0.311. The summed E-state index contributed by atoms with van der Waals surface area (Å²) in [6.45, 7) is 0.788. The maximum atomic E-state index is 13.4. The van der Waals surface area contributed by atoms with E-state index in [1.54, 1.807) is 18.2 Å². The zero-order valence-corrected chi connectivity index (χ0v) is 15.0. The summed E-state index contributed by atoms with van der Waals surface area (Å²) in [7, 11) is 4.01. The van der Waals surface area contributed by atoms with Gasteiger partial charge in [-0.25, -0.2) is 19.2 Å². The van der Waals surface area contributed by atoms with Crippen molar-refractivity contribution in [2.24, 2.45) is 0 Å². The first-order chi connectivity index (χ1) is 13.0. The lowest BCUT2D eigenvalue weighted by molar-refractivity contribution is 0.402. The number of nitrogens with one attached hydrogen (secondary N) is 1. The molecule has 3 aromatic heterocycles. The Bertz CT molecular complexity index is 1160. The van der Waals surface area contributed by atoms with Gasteiger partial charge in [-0.2, -0.15) is 0 Å². The van der Waals surface area contributed by atoms with E-state index in [0.29, 0.717) is 11.4 Å². The lowest BCUT2D eigenvalue weighted by Crippen LogP contribution is -2.11. The summed E-state index contributed by atoms with van der Waals surface area (Å²) in [6, 6.07) is 11.9. The van der Waals surface area contributed by atoms with Gasteiger partial charge in [-0.05, 0) is 62.1 Å². The van der Waals surface area contributed by atoms with Gasteiger partial charge < -0.3 is 9.88 Å². The number of aromatic nitrogens is 4. The normalized spacial score (nSPS) is 11.4. The van der Waals surface area contributed by atoms with Crippen LogP contribution in [0, 0.1) is 5.82 Å². The van der Waals surface area contributed by atoms with E-state index in [1.165, 1.54) is 18.3 Å². The largest absolute Gasteiger partial charge is 0.345 e. The van der Waals surface area contributed by atoms with Crippen LogP contribution in [0.25, 0.3) is 28.3 Å². The number of fused-ring (bicyclic) bond motifs is 1. The molecule has 7 heteroatoms. The van der Waals surface area contributed by atoms with Crippen LogP contribution in [0.2, 0.25) is 0 Å². The Kier molecular flexibility index (Phi) is 4.29. The zero-order chi connectivity index (χ0) is 19.0. The molecular formula is C20H18FN5O. The van der Waals surface area contributed by atoms with Crippen LogP contribution < -0.4 is 5.69 Å². The van der Waals surface area contributed by atoms with Gasteiger partial charge in [0.2, 0.25) is 0 Å². The maximum Gasteiger partial charge on any atom is 0.345 e. The van der Waals surface area contributed by atoms with Gasteiger partial charge in [0.15, 0.2) is 0 Å². The molecule has 3 heterocycles. The van der Waals surface area contributed by atoms with Gasteiger partial charge in [0.1, 0.15) is 11.5 Å². The molecule has 136 valence electrons. The van der Waals surface area contributed by atoms with Gasteiger partial charge in [-0.3, -0.25) is 4.40 Å². The van der Waals surface area contributed by atoms with Crippen molar-refractivity contribution in [3.63, 3.8) is 0 Å². The summed E-state index contributed by atoms with van der Waals surface area (Å²) >= 11 is 0. The number of benzene rings is 1. The van der Waals surface area contributed by atoms with Crippen LogP contribution in [-0.2, 0) is 6.54 Å². The van der Waals surface area contributed by atoms with E-state index in [4.69, 9.17) is 4.98 Å². The summed E-state index contributed by atoms with van der Waals surface area (Å²) < 4.78 is 15.3. The second-order valence-corrected chi connectivity index (χ2v) is 6.61. The lowest BCUT2D eigenvalue weighted by Gasteiger charge is -2.10. The van der Waals surface area contributed by atoms with Gasteiger partial charge in [-0.15, -0.1) is 0 Å². The molecule has 27 heavy (non-hydrogen) atoms. The highest BCUT2D eigenvalue weighted by atomic mass is 19.1. The van der Waals surface area contributed by atoms with Crippen LogP contribution in [0.15, 0.2) is 59.7 Å². The van der Waals surface area contributed by atoms with E-state index in [9.17, 15) is 9.18 Å². The molecule has 0 saturated carbocycles. The third-order valence-corrected chi connectivity index (χ3v) is 4.24. The van der Waals surface area contributed by atoms with Gasteiger partial charge in [-0.1, -0.05) is 0 Å². The maximum absolute atomic E-state index is 13.4. The van der Waals surface area contributed by atoms with E-state index in [-0.39, 0.29) is 5.82 Å². The Hall–Kier alpha value is -3.32. The fraction of sp³-hybridized carbons (Fsp3) is 0.150. The number of imidazole rings is 1. The molecule has 0 amide bonds. The predicted octanol–water partition coefficient (Wildman–Crippen LogP) is 2.95. The Morgan fingerprint density at radius 1 is 1.15 bits per heavy atom. The Labute approximate surface area is 155 Å². The van der Waals surface area contributed by atoms with Crippen molar-refractivity contribution in [3.8, 4) is 22.6 Å². The molecule has 0 aliphatic rings. The van der Waals surface area contributed by atoms with E-state index in [2.05, 4.69) is 14.9 Å². The number of rotatable bonds is 4. The van der Waals surface area contributed by atoms with Crippen LogP contribution >= 0.6 is 0 Å². The SMILES string of the molecule is CN(C)Cc1ccn2c(-c3ccnc(=O)[nH]3)c(-c3ccc(F)cc3)nc2c1. The molecule has 0 unspecified atom stereocenters. The Morgan fingerprint density at radius 2 is 1.93 bits per heavy atom. The Morgan fingerprint density at radius 3 is 2.63 bits per heavy atom. The monoisotopic (exact) mass is 363 g/mol. The Balaban J connectivity index is 1.97. The van der Waals surface area contributed by atoms with E-state index < -0.39 is 5.69 Å². The first-order valence-electron chi connectivity index (χ1n) is 8.48. The molecule has 0 bridgehead atoms. The van der Waals surface area contributed by atoms with Crippen LogP contribution in [0.1, 0.15) is 5.56 Å². The first kappa shape index (κ1) is 17.1. The highest BCUT2D eigenvalue weighted by Gasteiger charge is 2.17. The van der Waals surface area contributed by atoms with Gasteiger partial charge in [0.25, 0.3) is 0 Å². The highest BCUT2D eigenvalue weighted by Crippen LogP contribution is 2.31. The van der Waals surface area contributed by atoms with E-state index in [1.807, 2.05) is 36.8 Å². The van der Waals surface area contributed by atoms with Crippen molar-refractivity contribution in [2.45, 2.75) is 6.54 Å². The van der Waals surface area contributed by atoms with Crippen molar-refractivity contribution >= 4 is 5.65 Å². The lowest BCUT2D eigenvalue weighted by atomic mass is 10.1. The molecule has 1 N–H and O–H groups in total. The van der Waals surface area contributed by atoms with Crippen molar-refractivity contribution in [2.75, 3.05) is 14.1 Å². The number of pyridine rings is 1. The van der Waals surface area contributed by atoms with Crippen LogP contribution in [0.4, 0.5) is 4.39 Å². The fourth-order valence-corrected chi connectivity index (χ4v) is 3.12. The number of aromatic amines is 1. The second-order valence-electron chi connectivity index (χ2n) is 6.61. The summed E-state index contributed by atoms with van der Waals surface area (Å²) in [5.74, 6) is -0.311. The van der Waals surface area contributed by atoms with Crippen molar-refractivity contribution in [1.29, 1.82) is 0 Å². The molecule has 0 aliphatic carbocycles. The molecule has 0 spiro atoms. The number of hydrogen-bond donors (Lipinski definition) is 1. The molecule has 0 fully saturated rings. The number of nitrogens with zero attached hydrogens (tertiary/aromatic N) is 4. The average molecular weight is 363 g/mol. The molecule has 6 nitrogen and oxygen atoms in total. The molecule has 0 aliphatic heterocycles. The average Bonchev–Trinajstić information content (AvgIpc) is 3.00. The minimum Gasteiger partial charge on any atom is -0.305 e. The molecule has 0 saturated heterocycles. The summed E-state index contributed by atoms with van der Waals surface area (Å²) in [6.07, 6.45) is 3.39. The summed E-state index contributed by atoms with van der Waals surface area (Å²) in [4.78, 5) is 25.0. The van der Waals surface area contributed by atoms with Gasteiger partial charge >= 0.3 is 5.69 Å². The number of hydrogen-bond acceptors (Lipinski definition) is 4. The smallest absolute Gasteiger partial charge is 0.305 e. The van der Waals surface area contributed by atoms with E-state index >= 15 is 0 Å². The van der Waals surface area contributed by atoms with Crippen molar-refractivity contribution in [1.82, 2.24) is 24.3 Å². The first-order valence-corrected chi connectivity index (χ1v) is 8.48. The number of H-pyrrole nitrogens is 1. The minimum atomic E-state index is -0.434. The predicted molar refractivity (Wildman–Crippen MR) is 102 cm³/mol. The molecule has 0 atom stereocenters. The zero-order valence-electron chi connectivity index (χ0n) is 15.0. The topological polar surface area (TPSA) is 66.3 Å². The third-order valence-electron chi connectivity index (χ3n) is 4.24. The van der Waals surface area contributed by atoms with Gasteiger partial charge in [0, 0.05) is 24.5 Å². The molecule has 4 aromatic rings. The summed E-state index contributed by atoms with van der Waals surface area (Å²) in [5, 5.41) is 0. The molecule has 1 aromatic carbocycles. The van der Waals surface area contributed by atoms with Crippen molar-refractivity contribution in [3.05, 3.63) is 76.7 Å². The fourth-order valence-electron chi connectivity index (χ4n) is 3.12. The van der Waals surface area contributed by atoms with Crippen LogP contribution in [0.5, 0.6) is 0 Å². The standard InChI is InChI=1S/C20H18FN5O/c1-25(2)12-13-8-10-26-17(11-13)24-18(14-3-5-15(21)6-4-14)19(26)16-7-9-22-20(27)23-16/h3-11H,12H2,1-2H3,(H,22,23,27). The molecule has 4 rings (SSSR count). The van der Waals surface area contributed by atoms with Gasteiger partial charge in [0.05, 0.1) is 17.1 Å². The molecule has 0 radical (unpaired) electrons. The highest BCUT2D eigenvalue weighted by molar-refractivity contribution is 5.80. The molecular weight excluding hydrogens is 345 g/mol. The summed E-state index contributed by atoms with van der Waals surface area (Å²) in [5.41, 5.74) is 4.20. The van der Waals surface area contributed by atoms with Crippen LogP contribution in [0.3, 0.4) is 0 Å². The quantitative estimate of drug-likeness (QED) is 0.605. The van der Waals surface area contributed by atoms with Crippen LogP contribution in [-0.4, -0.2) is 38.3 Å². The third kappa shape index (κ3) is 3.37. The van der Waals surface area contributed by atoms with Crippen molar-refractivity contribution < 1.29 is 4.39 Å².